The maximum Gasteiger partial charge on any atom is 0.442 e. The normalized spacial score (nSPS) is 12.3. The van der Waals surface area contributed by atoms with Crippen molar-refractivity contribution in [2.45, 2.75) is 18.0 Å². The Morgan fingerprint density at radius 2 is 1.56 bits per heavy atom. The summed E-state index contributed by atoms with van der Waals surface area (Å²) in [7, 11) is 0. The number of nitrogens with one attached hydrogen (secondary N) is 1. The first-order valence-corrected chi connectivity index (χ1v) is 9.56. The average molecular weight is 474 g/mol. The molecule has 3 rings (SSSR count). The van der Waals surface area contributed by atoms with Crippen LogP contribution in [0.25, 0.3) is 0 Å². The van der Waals surface area contributed by atoms with Gasteiger partial charge in [-0.25, -0.2) is 4.79 Å². The number of carbonyl (C=O) groups is 2. The van der Waals surface area contributed by atoms with Gasteiger partial charge in [0.1, 0.15) is 0 Å². The van der Waals surface area contributed by atoms with Gasteiger partial charge >= 0.3 is 23.9 Å². The predicted octanol–water partition coefficient (Wildman–Crippen LogP) is 5.57. The third kappa shape index (κ3) is 4.44. The van der Waals surface area contributed by atoms with Crippen LogP contribution in [-0.4, -0.2) is 29.2 Å². The van der Waals surface area contributed by atoms with Gasteiger partial charge < -0.3 is 10.1 Å². The quantitative estimate of drug-likeness (QED) is 0.388. The number of anilines is 1. The minimum atomic E-state index is -6.05. The molecule has 0 fully saturated rings. The fourth-order valence-electron chi connectivity index (χ4n) is 2.73. The third-order valence-corrected chi connectivity index (χ3v) is 5.10. The van der Waals surface area contributed by atoms with E-state index in [4.69, 9.17) is 0 Å². The van der Waals surface area contributed by atoms with Crippen LogP contribution in [0.3, 0.4) is 0 Å². The van der Waals surface area contributed by atoms with Crippen molar-refractivity contribution in [3.8, 4) is 0 Å². The molecule has 0 unspecified atom stereocenters. The van der Waals surface area contributed by atoms with Gasteiger partial charge in [-0.1, -0.05) is 18.2 Å². The highest BCUT2D eigenvalue weighted by Gasteiger charge is 2.75. The molecule has 5 nitrogen and oxygen atoms in total. The number of pyridine rings is 1. The standard InChI is InChI=1S/C20H12F6N2O3S/c21-19(22,23)18(20(24,25)26,31-17(30)12-3-1-9-27-11-12)13-5-7-14(8-6-13)28-16(29)15-4-2-10-32-15/h1-11H,(H,28,29). The van der Waals surface area contributed by atoms with Gasteiger partial charge in [0.25, 0.3) is 5.91 Å². The molecule has 0 aliphatic rings. The van der Waals surface area contributed by atoms with Crippen molar-refractivity contribution in [2.75, 3.05) is 5.32 Å². The SMILES string of the molecule is O=C(OC(c1ccc(NC(=O)c2cccs2)cc1)(C(F)(F)F)C(F)(F)F)c1cccnc1. The average Bonchev–Trinajstić information content (AvgIpc) is 3.26. The second kappa shape index (κ2) is 8.61. The summed E-state index contributed by atoms with van der Waals surface area (Å²) < 4.78 is 87.2. The molecule has 0 saturated carbocycles. The van der Waals surface area contributed by atoms with Crippen LogP contribution in [0.15, 0.2) is 66.3 Å². The van der Waals surface area contributed by atoms with Crippen LogP contribution in [0.1, 0.15) is 25.6 Å². The second-order valence-corrected chi connectivity index (χ2v) is 7.26. The molecule has 2 aromatic heterocycles. The molecule has 2 heterocycles. The molecule has 1 amide bonds. The van der Waals surface area contributed by atoms with E-state index in [1.807, 2.05) is 0 Å². The van der Waals surface area contributed by atoms with Crippen molar-refractivity contribution in [3.05, 3.63) is 82.3 Å². The van der Waals surface area contributed by atoms with Gasteiger partial charge in [-0.3, -0.25) is 9.78 Å². The Balaban J connectivity index is 1.99. The first-order valence-electron chi connectivity index (χ1n) is 8.68. The number of aromatic nitrogens is 1. The number of amides is 1. The van der Waals surface area contributed by atoms with Gasteiger partial charge in [0, 0.05) is 23.6 Å². The van der Waals surface area contributed by atoms with E-state index in [0.717, 1.165) is 41.8 Å². The van der Waals surface area contributed by atoms with Gasteiger partial charge in [0.2, 0.25) is 0 Å². The van der Waals surface area contributed by atoms with Gasteiger partial charge in [-0.2, -0.15) is 26.3 Å². The first kappa shape index (κ1) is 23.3. The topological polar surface area (TPSA) is 68.3 Å². The summed E-state index contributed by atoms with van der Waals surface area (Å²) in [5, 5.41) is 3.98. The van der Waals surface area contributed by atoms with Crippen molar-refractivity contribution in [3.63, 3.8) is 0 Å². The molecule has 0 atom stereocenters. The fourth-order valence-corrected chi connectivity index (χ4v) is 3.35. The summed E-state index contributed by atoms with van der Waals surface area (Å²) in [6.45, 7) is 0. The maximum absolute atomic E-state index is 13.8. The number of carbonyl (C=O) groups excluding carboxylic acids is 2. The van der Waals surface area contributed by atoms with E-state index in [0.29, 0.717) is 17.0 Å². The number of nitrogens with zero attached hydrogens (tertiary/aromatic N) is 1. The number of thiophene rings is 1. The Morgan fingerprint density at radius 1 is 0.906 bits per heavy atom. The number of benzene rings is 1. The zero-order valence-corrected chi connectivity index (χ0v) is 16.5. The largest absolute Gasteiger partial charge is 0.442 e. The van der Waals surface area contributed by atoms with Crippen LogP contribution in [0.2, 0.25) is 0 Å². The summed E-state index contributed by atoms with van der Waals surface area (Å²) in [6.07, 6.45) is -10.1. The highest BCUT2D eigenvalue weighted by molar-refractivity contribution is 7.12. The fraction of sp³-hybridized carbons (Fsp3) is 0.150. The molecule has 32 heavy (non-hydrogen) atoms. The Morgan fingerprint density at radius 3 is 2.06 bits per heavy atom. The second-order valence-electron chi connectivity index (χ2n) is 6.32. The lowest BCUT2D eigenvalue weighted by molar-refractivity contribution is -0.373. The number of ether oxygens (including phenoxy) is 1. The number of esters is 1. The lowest BCUT2D eigenvalue weighted by Crippen LogP contribution is -2.56. The minimum Gasteiger partial charge on any atom is -0.431 e. The van der Waals surface area contributed by atoms with Gasteiger partial charge in [-0.05, 0) is 35.7 Å². The Hall–Kier alpha value is -3.41. The van der Waals surface area contributed by atoms with E-state index in [1.54, 1.807) is 11.4 Å². The Labute approximate surface area is 180 Å². The van der Waals surface area contributed by atoms with Crippen molar-refractivity contribution in [1.82, 2.24) is 4.98 Å². The minimum absolute atomic E-state index is 0.0519. The first-order chi connectivity index (χ1) is 15.0. The molecule has 0 spiro atoms. The summed E-state index contributed by atoms with van der Waals surface area (Å²) in [4.78, 5) is 28.0. The molecule has 12 heteroatoms. The monoisotopic (exact) mass is 474 g/mol. The smallest absolute Gasteiger partial charge is 0.431 e. The molecular formula is C20H12F6N2O3S. The molecule has 0 saturated heterocycles. The molecule has 1 aromatic carbocycles. The maximum atomic E-state index is 13.8. The lowest BCUT2D eigenvalue weighted by Gasteiger charge is -2.36. The van der Waals surface area contributed by atoms with Crippen LogP contribution in [0, 0.1) is 0 Å². The van der Waals surface area contributed by atoms with E-state index >= 15 is 0 Å². The Bertz CT molecular complexity index is 1070. The summed E-state index contributed by atoms with van der Waals surface area (Å²) >= 11 is 1.10. The number of hydrogen-bond donors (Lipinski definition) is 1. The molecule has 1 N–H and O–H groups in total. The number of rotatable bonds is 5. The van der Waals surface area contributed by atoms with Crippen LogP contribution >= 0.6 is 11.3 Å². The van der Waals surface area contributed by atoms with E-state index < -0.39 is 41.0 Å². The van der Waals surface area contributed by atoms with Crippen molar-refractivity contribution in [1.29, 1.82) is 0 Å². The highest BCUT2D eigenvalue weighted by Crippen LogP contribution is 2.53. The molecular weight excluding hydrogens is 462 g/mol. The van der Waals surface area contributed by atoms with E-state index in [-0.39, 0.29) is 5.69 Å². The van der Waals surface area contributed by atoms with Gasteiger partial charge in [0.15, 0.2) is 0 Å². The van der Waals surface area contributed by atoms with E-state index in [9.17, 15) is 35.9 Å². The van der Waals surface area contributed by atoms with E-state index in [1.165, 1.54) is 12.3 Å². The zero-order chi connectivity index (χ0) is 23.6. The van der Waals surface area contributed by atoms with E-state index in [2.05, 4.69) is 15.0 Å². The Kier molecular flexibility index (Phi) is 6.26. The predicted molar refractivity (Wildman–Crippen MR) is 102 cm³/mol. The molecule has 0 bridgehead atoms. The zero-order valence-electron chi connectivity index (χ0n) is 15.7. The summed E-state index contributed by atoms with van der Waals surface area (Å²) in [5.74, 6) is -2.45. The third-order valence-electron chi connectivity index (χ3n) is 4.24. The van der Waals surface area contributed by atoms with Gasteiger partial charge in [-0.15, -0.1) is 11.3 Å². The van der Waals surface area contributed by atoms with Crippen molar-refractivity contribution < 1.29 is 40.7 Å². The summed E-state index contributed by atoms with van der Waals surface area (Å²) in [5.41, 5.74) is -6.97. The van der Waals surface area contributed by atoms with Crippen LogP contribution in [0.4, 0.5) is 32.0 Å². The van der Waals surface area contributed by atoms with Crippen LogP contribution in [0.5, 0.6) is 0 Å². The molecule has 0 aliphatic carbocycles. The van der Waals surface area contributed by atoms with Crippen molar-refractivity contribution >= 4 is 28.9 Å². The highest BCUT2D eigenvalue weighted by atomic mass is 32.1. The van der Waals surface area contributed by atoms with Crippen molar-refractivity contribution in [2.24, 2.45) is 0 Å². The van der Waals surface area contributed by atoms with Gasteiger partial charge in [0.05, 0.1) is 10.4 Å². The molecule has 0 radical (unpaired) electrons. The molecule has 168 valence electrons. The molecule has 3 aromatic rings. The van der Waals surface area contributed by atoms with Crippen LogP contribution < -0.4 is 5.32 Å². The van der Waals surface area contributed by atoms with Crippen LogP contribution in [-0.2, 0) is 10.3 Å². The lowest BCUT2D eigenvalue weighted by atomic mass is 9.91. The molecule has 0 aliphatic heterocycles. The number of halogens is 6. The number of alkyl halides is 6. The number of hydrogen-bond acceptors (Lipinski definition) is 5. The summed E-state index contributed by atoms with van der Waals surface area (Å²) in [6, 6.07) is 7.89.